The number of carbonyl (C=O) groups excluding carboxylic acids is 1. The molecule has 6 nitrogen and oxygen atoms in total. The first kappa shape index (κ1) is 10.0. The fraction of sp³-hybridized carbons (Fsp3) is 0.444. The van der Waals surface area contributed by atoms with Crippen LogP contribution in [0, 0.1) is 5.92 Å². The van der Waals surface area contributed by atoms with Crippen molar-refractivity contribution in [2.45, 2.75) is 6.04 Å². The number of anilines is 1. The Labute approximate surface area is 86.9 Å². The summed E-state index contributed by atoms with van der Waals surface area (Å²) in [4.78, 5) is 19.3. The number of nitrogens with zero attached hydrogens (tertiary/aromatic N) is 2. The van der Waals surface area contributed by atoms with E-state index in [0.717, 1.165) is 0 Å². The molecule has 0 radical (unpaired) electrons. The zero-order valence-corrected chi connectivity index (χ0v) is 8.09. The lowest BCUT2D eigenvalue weighted by molar-refractivity contribution is -0.120. The Morgan fingerprint density at radius 3 is 2.80 bits per heavy atom. The molecule has 2 heterocycles. The molecule has 1 aliphatic heterocycles. The molecule has 1 saturated heterocycles. The third-order valence-corrected chi connectivity index (χ3v) is 2.29. The van der Waals surface area contributed by atoms with Gasteiger partial charge >= 0.3 is 0 Å². The third-order valence-electron chi connectivity index (χ3n) is 2.29. The first-order valence-corrected chi connectivity index (χ1v) is 4.66. The molecule has 3 N–H and O–H groups in total. The van der Waals surface area contributed by atoms with Gasteiger partial charge in [-0.15, -0.1) is 0 Å². The van der Waals surface area contributed by atoms with Gasteiger partial charge in [-0.1, -0.05) is 0 Å². The number of nitrogens with one attached hydrogen (secondary N) is 1. The standard InChI is InChI=1S/C9H12N4O2/c10-8-4-15-3-7(8)9(14)13-6-1-11-5-12-2-6/h1-2,5,7-8H,3-4,10H2,(H,13,14). The Balaban J connectivity index is 1.98. The van der Waals surface area contributed by atoms with E-state index >= 15 is 0 Å². The summed E-state index contributed by atoms with van der Waals surface area (Å²) in [6.45, 7) is 0.810. The van der Waals surface area contributed by atoms with Gasteiger partial charge in [-0.05, 0) is 0 Å². The van der Waals surface area contributed by atoms with E-state index in [1.165, 1.54) is 18.7 Å². The van der Waals surface area contributed by atoms with Crippen molar-refractivity contribution in [1.82, 2.24) is 9.97 Å². The summed E-state index contributed by atoms with van der Waals surface area (Å²) in [7, 11) is 0. The van der Waals surface area contributed by atoms with Gasteiger partial charge in [-0.2, -0.15) is 0 Å². The fourth-order valence-corrected chi connectivity index (χ4v) is 1.44. The van der Waals surface area contributed by atoms with Crippen LogP contribution in [-0.4, -0.2) is 35.1 Å². The molecule has 1 aromatic heterocycles. The quantitative estimate of drug-likeness (QED) is 0.676. The molecule has 2 atom stereocenters. The van der Waals surface area contributed by atoms with Gasteiger partial charge in [0.25, 0.3) is 0 Å². The van der Waals surface area contributed by atoms with Gasteiger partial charge in [0.15, 0.2) is 0 Å². The average molecular weight is 208 g/mol. The van der Waals surface area contributed by atoms with E-state index in [4.69, 9.17) is 10.5 Å². The summed E-state index contributed by atoms with van der Waals surface area (Å²) in [6, 6.07) is -0.227. The summed E-state index contributed by atoms with van der Waals surface area (Å²) in [6.07, 6.45) is 4.47. The van der Waals surface area contributed by atoms with E-state index in [1.807, 2.05) is 0 Å². The molecule has 1 aliphatic rings. The van der Waals surface area contributed by atoms with Gasteiger partial charge in [0.05, 0.1) is 37.2 Å². The Bertz CT molecular complexity index is 343. The van der Waals surface area contributed by atoms with Crippen LogP contribution < -0.4 is 11.1 Å². The second-order valence-electron chi connectivity index (χ2n) is 3.42. The molecule has 15 heavy (non-hydrogen) atoms. The van der Waals surface area contributed by atoms with Crippen LogP contribution >= 0.6 is 0 Å². The second kappa shape index (κ2) is 4.33. The van der Waals surface area contributed by atoms with E-state index < -0.39 is 0 Å². The van der Waals surface area contributed by atoms with Crippen molar-refractivity contribution in [3.63, 3.8) is 0 Å². The SMILES string of the molecule is NC1COCC1C(=O)Nc1cncnc1. The molecule has 2 rings (SSSR count). The summed E-state index contributed by atoms with van der Waals surface area (Å²) >= 11 is 0. The topological polar surface area (TPSA) is 90.1 Å². The molecule has 0 spiro atoms. The molecule has 1 amide bonds. The molecule has 1 fully saturated rings. The van der Waals surface area contributed by atoms with Crippen molar-refractivity contribution in [3.8, 4) is 0 Å². The van der Waals surface area contributed by atoms with Crippen LogP contribution in [0.4, 0.5) is 5.69 Å². The second-order valence-corrected chi connectivity index (χ2v) is 3.42. The first-order valence-electron chi connectivity index (χ1n) is 4.66. The Morgan fingerprint density at radius 2 is 2.20 bits per heavy atom. The van der Waals surface area contributed by atoms with Crippen LogP contribution in [0.25, 0.3) is 0 Å². The highest BCUT2D eigenvalue weighted by Gasteiger charge is 2.31. The minimum atomic E-state index is -0.287. The Hall–Kier alpha value is -1.53. The average Bonchev–Trinajstić information content (AvgIpc) is 2.66. The summed E-state index contributed by atoms with van der Waals surface area (Å²) in [5.41, 5.74) is 6.29. The van der Waals surface area contributed by atoms with Crippen LogP contribution in [0.2, 0.25) is 0 Å². The van der Waals surface area contributed by atoms with E-state index in [0.29, 0.717) is 18.9 Å². The van der Waals surface area contributed by atoms with E-state index in [2.05, 4.69) is 15.3 Å². The lowest BCUT2D eigenvalue weighted by Crippen LogP contribution is -2.37. The number of carbonyl (C=O) groups is 1. The molecular weight excluding hydrogens is 196 g/mol. The van der Waals surface area contributed by atoms with E-state index in [-0.39, 0.29) is 17.9 Å². The maximum atomic E-state index is 11.7. The highest BCUT2D eigenvalue weighted by Crippen LogP contribution is 2.14. The summed E-state index contributed by atoms with van der Waals surface area (Å²) < 4.78 is 5.11. The molecular formula is C9H12N4O2. The van der Waals surface area contributed by atoms with E-state index in [1.54, 1.807) is 0 Å². The molecule has 1 aromatic rings. The van der Waals surface area contributed by atoms with E-state index in [9.17, 15) is 4.79 Å². The number of ether oxygens (including phenoxy) is 1. The number of hydrogen-bond donors (Lipinski definition) is 2. The number of nitrogens with two attached hydrogens (primary N) is 1. The van der Waals surface area contributed by atoms with Crippen molar-refractivity contribution < 1.29 is 9.53 Å². The zero-order valence-electron chi connectivity index (χ0n) is 8.09. The monoisotopic (exact) mass is 208 g/mol. The van der Waals surface area contributed by atoms with Gasteiger partial charge in [-0.3, -0.25) is 4.79 Å². The molecule has 0 aliphatic carbocycles. The molecule has 0 saturated carbocycles. The lowest BCUT2D eigenvalue weighted by Gasteiger charge is -2.12. The highest BCUT2D eigenvalue weighted by molar-refractivity contribution is 5.93. The maximum Gasteiger partial charge on any atom is 0.231 e. The maximum absolute atomic E-state index is 11.7. The number of aromatic nitrogens is 2. The Kier molecular flexibility index (Phi) is 2.89. The summed E-state index contributed by atoms with van der Waals surface area (Å²) in [5, 5.41) is 2.69. The molecule has 6 heteroatoms. The van der Waals surface area contributed by atoms with Crippen molar-refractivity contribution >= 4 is 11.6 Å². The van der Waals surface area contributed by atoms with Gasteiger partial charge in [0.2, 0.25) is 5.91 Å². The predicted molar refractivity (Wildman–Crippen MR) is 52.9 cm³/mol. The van der Waals surface area contributed by atoms with Crippen LogP contribution in [0.1, 0.15) is 0 Å². The normalized spacial score (nSPS) is 25.1. The third kappa shape index (κ3) is 2.28. The smallest absolute Gasteiger partial charge is 0.231 e. The van der Waals surface area contributed by atoms with Crippen molar-refractivity contribution in [3.05, 3.63) is 18.7 Å². The highest BCUT2D eigenvalue weighted by atomic mass is 16.5. The molecule has 2 unspecified atom stereocenters. The van der Waals surface area contributed by atoms with Crippen molar-refractivity contribution in [1.29, 1.82) is 0 Å². The molecule has 0 aromatic carbocycles. The Morgan fingerprint density at radius 1 is 1.47 bits per heavy atom. The van der Waals surface area contributed by atoms with Crippen molar-refractivity contribution in [2.75, 3.05) is 18.5 Å². The predicted octanol–water partition coefficient (Wildman–Crippen LogP) is -0.611. The minimum absolute atomic E-state index is 0.144. The van der Waals surface area contributed by atoms with Crippen molar-refractivity contribution in [2.24, 2.45) is 11.7 Å². The lowest BCUT2D eigenvalue weighted by atomic mass is 10.0. The van der Waals surface area contributed by atoms with Gasteiger partial charge in [0.1, 0.15) is 6.33 Å². The van der Waals surface area contributed by atoms with Gasteiger partial charge < -0.3 is 15.8 Å². The molecule has 80 valence electrons. The number of hydrogen-bond acceptors (Lipinski definition) is 5. The number of amides is 1. The first-order chi connectivity index (χ1) is 7.27. The van der Waals surface area contributed by atoms with Crippen LogP contribution in [0.15, 0.2) is 18.7 Å². The minimum Gasteiger partial charge on any atom is -0.379 e. The van der Waals surface area contributed by atoms with Crippen LogP contribution in [0.3, 0.4) is 0 Å². The largest absolute Gasteiger partial charge is 0.379 e. The fourth-order valence-electron chi connectivity index (χ4n) is 1.44. The molecule has 0 bridgehead atoms. The van der Waals surface area contributed by atoms with Gasteiger partial charge in [0, 0.05) is 6.04 Å². The zero-order chi connectivity index (χ0) is 10.7. The van der Waals surface area contributed by atoms with Crippen LogP contribution in [0.5, 0.6) is 0 Å². The van der Waals surface area contributed by atoms with Gasteiger partial charge in [-0.25, -0.2) is 9.97 Å². The van der Waals surface area contributed by atoms with Crippen LogP contribution in [-0.2, 0) is 9.53 Å². The summed E-state index contributed by atoms with van der Waals surface area (Å²) in [5.74, 6) is -0.431. The number of rotatable bonds is 2.